The van der Waals surface area contributed by atoms with Crippen molar-refractivity contribution < 1.29 is 28.1 Å². The normalized spacial score (nSPS) is 21.8. The van der Waals surface area contributed by atoms with Gasteiger partial charge in [-0.25, -0.2) is 13.2 Å². The van der Waals surface area contributed by atoms with E-state index in [2.05, 4.69) is 19.9 Å². The average molecular weight is 638 g/mol. The van der Waals surface area contributed by atoms with E-state index in [9.17, 15) is 19.0 Å². The van der Waals surface area contributed by atoms with Crippen molar-refractivity contribution >= 4 is 27.5 Å². The van der Waals surface area contributed by atoms with E-state index in [1.54, 1.807) is 19.9 Å². The van der Waals surface area contributed by atoms with E-state index in [0.717, 1.165) is 25.8 Å². The molecule has 3 aliphatic heterocycles. The molecular weight excluding hydrogens is 595 g/mol. The van der Waals surface area contributed by atoms with Gasteiger partial charge in [0.25, 0.3) is 0 Å². The molecule has 0 spiro atoms. The number of piperidine rings is 1. The number of aromatic nitrogens is 3. The fourth-order valence-corrected chi connectivity index (χ4v) is 7.35. The molecule has 0 saturated carbocycles. The van der Waals surface area contributed by atoms with Crippen LogP contribution in [0.5, 0.6) is 11.8 Å². The van der Waals surface area contributed by atoms with Gasteiger partial charge in [-0.05, 0) is 93.5 Å². The summed E-state index contributed by atoms with van der Waals surface area (Å²) in [6.45, 7) is 8.49. The third kappa shape index (κ3) is 6.19. The summed E-state index contributed by atoms with van der Waals surface area (Å²) in [4.78, 5) is 17.6. The Morgan fingerprint density at radius 2 is 1.85 bits per heavy atom. The van der Waals surface area contributed by atoms with Gasteiger partial charge in [0.15, 0.2) is 5.82 Å². The number of hydrogen-bond donors (Lipinski definition) is 2. The Kier molecular flexibility index (Phi) is 9.00. The van der Waals surface area contributed by atoms with Crippen molar-refractivity contribution in [1.29, 1.82) is 0 Å². The molecule has 246 valence electrons. The molecule has 3 saturated heterocycles. The molecule has 2 aromatic carbocycles. The van der Waals surface area contributed by atoms with E-state index in [-0.39, 0.29) is 34.5 Å². The Morgan fingerprint density at radius 1 is 1.07 bits per heavy atom. The lowest BCUT2D eigenvalue weighted by molar-refractivity contribution is 0.0110. The maximum atomic E-state index is 16.2. The van der Waals surface area contributed by atoms with Gasteiger partial charge in [0.05, 0.1) is 18.1 Å². The minimum atomic E-state index is -0.870. The van der Waals surface area contributed by atoms with Crippen molar-refractivity contribution in [2.75, 3.05) is 38.2 Å². The number of ether oxygens (including phenoxy) is 1. The molecule has 8 nitrogen and oxygen atoms in total. The number of methoxy groups -OCH3 is 1. The summed E-state index contributed by atoms with van der Waals surface area (Å²) in [5, 5.41) is 22.5. The van der Waals surface area contributed by atoms with Crippen LogP contribution in [0.4, 0.5) is 19.0 Å². The number of benzene rings is 2. The van der Waals surface area contributed by atoms with Crippen molar-refractivity contribution in [3.8, 4) is 23.0 Å². The van der Waals surface area contributed by atoms with Crippen LogP contribution in [0.1, 0.15) is 58.4 Å². The zero-order valence-corrected chi connectivity index (χ0v) is 26.9. The van der Waals surface area contributed by atoms with Gasteiger partial charge in [0.1, 0.15) is 34.8 Å². The van der Waals surface area contributed by atoms with E-state index >= 15 is 4.39 Å². The number of aromatic hydroxyl groups is 1. The van der Waals surface area contributed by atoms with Gasteiger partial charge < -0.3 is 19.8 Å². The second-order valence-corrected chi connectivity index (χ2v) is 13.3. The van der Waals surface area contributed by atoms with Crippen LogP contribution in [0.2, 0.25) is 0 Å². The summed E-state index contributed by atoms with van der Waals surface area (Å²) in [7, 11) is 1.42. The maximum Gasteiger partial charge on any atom is 0.318 e. The standard InChI is InChI=1S/C28H30F2N4O3.C7H12FN/c1-5-18-21(29)9-8-15-11-17(35)12-19(22(15)18)24-23(30)25-20(13-31-24)26(33-27(32-25)37-4)34-10-6-7-16(14-34)28(2,3)36;8-6-4-7-2-1-3-9(7)5-6/h8-9,11-13,16,35-36H,5-7,10,14H2,1-4H3;6-7H,1-5H2. The lowest BCUT2D eigenvalue weighted by atomic mass is 9.84. The molecule has 0 aliphatic carbocycles. The predicted molar refractivity (Wildman–Crippen MR) is 173 cm³/mol. The molecule has 0 bridgehead atoms. The largest absolute Gasteiger partial charge is 0.508 e. The fraction of sp³-hybridized carbons (Fsp3) is 0.514. The van der Waals surface area contributed by atoms with E-state index in [1.165, 1.54) is 44.3 Å². The zero-order chi connectivity index (χ0) is 32.7. The van der Waals surface area contributed by atoms with Gasteiger partial charge in [-0.2, -0.15) is 9.97 Å². The van der Waals surface area contributed by atoms with Crippen LogP contribution in [-0.4, -0.2) is 81.2 Å². The summed E-state index contributed by atoms with van der Waals surface area (Å²) in [5.74, 6) is -0.704. The lowest BCUT2D eigenvalue weighted by Crippen LogP contribution is -2.45. The van der Waals surface area contributed by atoms with Crippen LogP contribution in [0.15, 0.2) is 30.5 Å². The number of nitrogens with zero attached hydrogens (tertiary/aromatic N) is 5. The Hall–Kier alpha value is -3.70. The second kappa shape index (κ2) is 12.8. The van der Waals surface area contributed by atoms with Gasteiger partial charge >= 0.3 is 6.01 Å². The SMILES string of the molecule is CCc1c(F)ccc2cc(O)cc(-c3ncc4c(N5CCCC(C(C)(C)O)C5)nc(OC)nc4c3F)c12.FC1CC2CCCN2C1. The highest BCUT2D eigenvalue weighted by molar-refractivity contribution is 6.01. The minimum Gasteiger partial charge on any atom is -0.508 e. The number of hydrogen-bond acceptors (Lipinski definition) is 8. The van der Waals surface area contributed by atoms with Crippen LogP contribution in [0, 0.1) is 17.6 Å². The van der Waals surface area contributed by atoms with Gasteiger partial charge in [0.2, 0.25) is 0 Å². The van der Waals surface area contributed by atoms with Crippen molar-refractivity contribution in [1.82, 2.24) is 19.9 Å². The van der Waals surface area contributed by atoms with Gasteiger partial charge in [-0.1, -0.05) is 13.0 Å². The van der Waals surface area contributed by atoms with Crippen molar-refractivity contribution in [2.45, 2.75) is 77.1 Å². The number of aliphatic hydroxyl groups is 1. The first-order valence-corrected chi connectivity index (χ1v) is 16.2. The van der Waals surface area contributed by atoms with E-state index < -0.39 is 23.4 Å². The number of phenols is 1. The van der Waals surface area contributed by atoms with Crippen LogP contribution in [0.25, 0.3) is 32.9 Å². The number of fused-ring (bicyclic) bond motifs is 3. The van der Waals surface area contributed by atoms with Gasteiger partial charge in [0, 0.05) is 43.4 Å². The number of phenolic OH excluding ortho intramolecular Hbond substituents is 1. The third-order valence-corrected chi connectivity index (χ3v) is 9.77. The highest BCUT2D eigenvalue weighted by atomic mass is 19.1. The Labute approximate surface area is 267 Å². The highest BCUT2D eigenvalue weighted by Crippen LogP contribution is 2.40. The van der Waals surface area contributed by atoms with Crippen molar-refractivity contribution in [3.05, 3.63) is 47.7 Å². The smallest absolute Gasteiger partial charge is 0.318 e. The second-order valence-electron chi connectivity index (χ2n) is 13.3. The molecule has 7 rings (SSSR count). The number of rotatable bonds is 5. The lowest BCUT2D eigenvalue weighted by Gasteiger charge is -2.39. The quantitative estimate of drug-likeness (QED) is 0.254. The maximum absolute atomic E-state index is 16.2. The summed E-state index contributed by atoms with van der Waals surface area (Å²) < 4.78 is 48.9. The monoisotopic (exact) mass is 637 g/mol. The number of pyridine rings is 1. The average Bonchev–Trinajstić information content (AvgIpc) is 3.61. The molecule has 0 radical (unpaired) electrons. The Balaban J connectivity index is 0.000000352. The predicted octanol–water partition coefficient (Wildman–Crippen LogP) is 6.58. The molecule has 5 heterocycles. The summed E-state index contributed by atoms with van der Waals surface area (Å²) >= 11 is 0. The van der Waals surface area contributed by atoms with Crippen molar-refractivity contribution in [2.24, 2.45) is 5.92 Å². The summed E-state index contributed by atoms with van der Waals surface area (Å²) in [6.07, 6.45) is 6.42. The molecule has 2 aromatic heterocycles. The van der Waals surface area contributed by atoms with E-state index in [0.29, 0.717) is 59.6 Å². The fourth-order valence-electron chi connectivity index (χ4n) is 7.35. The van der Waals surface area contributed by atoms with Crippen LogP contribution in [0.3, 0.4) is 0 Å². The molecule has 0 amide bonds. The van der Waals surface area contributed by atoms with E-state index in [1.807, 2.05) is 11.8 Å². The Bertz CT molecular complexity index is 1740. The molecule has 3 unspecified atom stereocenters. The van der Waals surface area contributed by atoms with Gasteiger partial charge in [-0.3, -0.25) is 9.88 Å². The first-order chi connectivity index (χ1) is 22.0. The number of halogens is 3. The minimum absolute atomic E-state index is 0.00462. The molecule has 11 heteroatoms. The zero-order valence-electron chi connectivity index (χ0n) is 26.9. The molecule has 2 N–H and O–H groups in total. The van der Waals surface area contributed by atoms with Crippen LogP contribution < -0.4 is 9.64 Å². The topological polar surface area (TPSA) is 94.8 Å². The molecular formula is C35H42F3N5O3. The van der Waals surface area contributed by atoms with Crippen LogP contribution >= 0.6 is 0 Å². The summed E-state index contributed by atoms with van der Waals surface area (Å²) in [5.41, 5.74) is -0.201. The molecule has 4 aromatic rings. The summed E-state index contributed by atoms with van der Waals surface area (Å²) in [6, 6.07) is 6.44. The first kappa shape index (κ1) is 32.2. The highest BCUT2D eigenvalue weighted by Gasteiger charge is 2.35. The van der Waals surface area contributed by atoms with Crippen molar-refractivity contribution in [3.63, 3.8) is 0 Å². The van der Waals surface area contributed by atoms with Crippen LogP contribution in [-0.2, 0) is 6.42 Å². The number of anilines is 1. The van der Waals surface area contributed by atoms with Gasteiger partial charge in [-0.15, -0.1) is 0 Å². The number of aryl methyl sites for hydroxylation is 1. The molecule has 3 fully saturated rings. The Morgan fingerprint density at radius 3 is 2.57 bits per heavy atom. The molecule has 3 atom stereocenters. The number of alkyl halides is 1. The third-order valence-electron chi connectivity index (χ3n) is 9.77. The molecule has 46 heavy (non-hydrogen) atoms. The first-order valence-electron chi connectivity index (χ1n) is 16.2. The van der Waals surface area contributed by atoms with E-state index in [4.69, 9.17) is 4.74 Å². The molecule has 3 aliphatic rings.